The highest BCUT2D eigenvalue weighted by atomic mass is 16.5. The molecule has 0 bridgehead atoms. The van der Waals surface area contributed by atoms with Gasteiger partial charge >= 0.3 is 0 Å². The standard InChI is InChI=1S/C21H30N4O3/c1-4-22-21(25-15-17-9-6-7-10-18(17)27-5-2)24-13-8-12-23-20(26)19-16(3)11-14-28-19/h6-7,9-11,14H,4-5,8,12-13,15H2,1-3H3,(H,23,26)(H2,22,24,25). The van der Waals surface area contributed by atoms with Gasteiger partial charge in [-0.15, -0.1) is 0 Å². The van der Waals surface area contributed by atoms with Crippen LogP contribution in [-0.2, 0) is 6.54 Å². The predicted molar refractivity (Wildman–Crippen MR) is 111 cm³/mol. The van der Waals surface area contributed by atoms with Gasteiger partial charge in [-0.3, -0.25) is 4.79 Å². The molecule has 3 N–H and O–H groups in total. The van der Waals surface area contributed by atoms with Gasteiger partial charge in [-0.1, -0.05) is 18.2 Å². The van der Waals surface area contributed by atoms with Crippen molar-refractivity contribution in [3.8, 4) is 5.75 Å². The average molecular weight is 386 g/mol. The minimum absolute atomic E-state index is 0.185. The zero-order valence-electron chi connectivity index (χ0n) is 16.9. The Morgan fingerprint density at radius 1 is 1.11 bits per heavy atom. The summed E-state index contributed by atoms with van der Waals surface area (Å²) in [6.45, 7) is 9.02. The molecule has 0 fully saturated rings. The number of hydrogen-bond donors (Lipinski definition) is 3. The number of nitrogens with one attached hydrogen (secondary N) is 3. The third kappa shape index (κ3) is 6.64. The van der Waals surface area contributed by atoms with Gasteiger partial charge in [0.15, 0.2) is 11.7 Å². The Bertz CT molecular complexity index is 771. The molecule has 0 unspecified atom stereocenters. The van der Waals surface area contributed by atoms with Crippen LogP contribution in [0.2, 0.25) is 0 Å². The lowest BCUT2D eigenvalue weighted by Gasteiger charge is -2.12. The van der Waals surface area contributed by atoms with Crippen molar-refractivity contribution in [3.63, 3.8) is 0 Å². The smallest absolute Gasteiger partial charge is 0.287 e. The second-order valence-electron chi connectivity index (χ2n) is 6.20. The highest BCUT2D eigenvalue weighted by molar-refractivity contribution is 5.92. The maximum absolute atomic E-state index is 12.0. The van der Waals surface area contributed by atoms with Crippen LogP contribution in [0.3, 0.4) is 0 Å². The molecule has 2 aromatic rings. The lowest BCUT2D eigenvalue weighted by atomic mass is 10.2. The van der Waals surface area contributed by atoms with Crippen LogP contribution in [0.4, 0.5) is 0 Å². The number of aliphatic imine (C=N–C) groups is 1. The summed E-state index contributed by atoms with van der Waals surface area (Å²) in [5.41, 5.74) is 1.88. The molecule has 28 heavy (non-hydrogen) atoms. The summed E-state index contributed by atoms with van der Waals surface area (Å²) < 4.78 is 10.8. The third-order valence-corrected chi connectivity index (χ3v) is 4.02. The van der Waals surface area contributed by atoms with E-state index >= 15 is 0 Å². The number of benzene rings is 1. The average Bonchev–Trinajstić information content (AvgIpc) is 3.13. The molecule has 0 spiro atoms. The number of furan rings is 1. The summed E-state index contributed by atoms with van der Waals surface area (Å²) in [7, 11) is 0. The predicted octanol–water partition coefficient (Wildman–Crippen LogP) is 2.86. The number of carbonyl (C=O) groups excluding carboxylic acids is 1. The van der Waals surface area contributed by atoms with Gasteiger partial charge in [0.1, 0.15) is 5.75 Å². The van der Waals surface area contributed by atoms with Gasteiger partial charge in [-0.2, -0.15) is 0 Å². The molecule has 1 heterocycles. The topological polar surface area (TPSA) is 87.9 Å². The van der Waals surface area contributed by atoms with Crippen molar-refractivity contribution in [2.45, 2.75) is 33.7 Å². The maximum atomic E-state index is 12.0. The summed E-state index contributed by atoms with van der Waals surface area (Å²) >= 11 is 0. The Morgan fingerprint density at radius 2 is 1.89 bits per heavy atom. The van der Waals surface area contributed by atoms with E-state index < -0.39 is 0 Å². The van der Waals surface area contributed by atoms with Crippen LogP contribution in [0.15, 0.2) is 46.0 Å². The summed E-state index contributed by atoms with van der Waals surface area (Å²) in [4.78, 5) is 16.6. The maximum Gasteiger partial charge on any atom is 0.287 e. The molecule has 7 heteroatoms. The first kappa shape index (κ1) is 21.3. The van der Waals surface area contributed by atoms with Crippen LogP contribution in [-0.4, -0.2) is 38.1 Å². The molecular formula is C21H30N4O3. The number of ether oxygens (including phenoxy) is 1. The molecular weight excluding hydrogens is 356 g/mol. The van der Waals surface area contributed by atoms with Gasteiger partial charge in [0, 0.05) is 30.8 Å². The fourth-order valence-corrected chi connectivity index (χ4v) is 2.62. The van der Waals surface area contributed by atoms with Crippen LogP contribution < -0.4 is 20.7 Å². The van der Waals surface area contributed by atoms with Gasteiger partial charge in [0.05, 0.1) is 19.4 Å². The second-order valence-corrected chi connectivity index (χ2v) is 6.20. The fourth-order valence-electron chi connectivity index (χ4n) is 2.62. The number of para-hydroxylation sites is 1. The van der Waals surface area contributed by atoms with Gasteiger partial charge in [0.2, 0.25) is 0 Å². The van der Waals surface area contributed by atoms with Gasteiger partial charge < -0.3 is 25.1 Å². The lowest BCUT2D eigenvalue weighted by molar-refractivity contribution is 0.0925. The van der Waals surface area contributed by atoms with Crippen molar-refractivity contribution in [1.82, 2.24) is 16.0 Å². The van der Waals surface area contributed by atoms with Crippen LogP contribution in [0.5, 0.6) is 5.75 Å². The van der Waals surface area contributed by atoms with Gasteiger partial charge in [-0.05, 0) is 39.3 Å². The van der Waals surface area contributed by atoms with E-state index in [1.165, 1.54) is 6.26 Å². The Hall–Kier alpha value is -2.96. The molecule has 1 aromatic carbocycles. The molecule has 152 valence electrons. The normalized spacial score (nSPS) is 11.2. The van der Waals surface area contributed by atoms with Crippen molar-refractivity contribution in [1.29, 1.82) is 0 Å². The fraction of sp³-hybridized carbons (Fsp3) is 0.429. The first-order valence-electron chi connectivity index (χ1n) is 9.70. The van der Waals surface area contributed by atoms with E-state index in [2.05, 4.69) is 20.9 Å². The Kier molecular flexibility index (Phi) is 8.91. The summed E-state index contributed by atoms with van der Waals surface area (Å²) in [6.07, 6.45) is 2.29. The highest BCUT2D eigenvalue weighted by Gasteiger charge is 2.11. The quantitative estimate of drug-likeness (QED) is 0.332. The van der Waals surface area contributed by atoms with Crippen LogP contribution >= 0.6 is 0 Å². The highest BCUT2D eigenvalue weighted by Crippen LogP contribution is 2.18. The monoisotopic (exact) mass is 386 g/mol. The zero-order valence-corrected chi connectivity index (χ0v) is 16.9. The number of guanidine groups is 1. The minimum Gasteiger partial charge on any atom is -0.494 e. The van der Waals surface area contributed by atoms with E-state index in [0.29, 0.717) is 32.0 Å². The second kappa shape index (κ2) is 11.7. The van der Waals surface area contributed by atoms with Crippen LogP contribution in [0.25, 0.3) is 0 Å². The number of aryl methyl sites for hydroxylation is 1. The largest absolute Gasteiger partial charge is 0.494 e. The summed E-state index contributed by atoms with van der Waals surface area (Å²) in [6, 6.07) is 9.69. The van der Waals surface area contributed by atoms with E-state index in [1.54, 1.807) is 6.07 Å². The van der Waals surface area contributed by atoms with Crippen molar-refractivity contribution in [2.75, 3.05) is 26.2 Å². The zero-order chi connectivity index (χ0) is 20.2. The van der Waals surface area contributed by atoms with E-state index in [9.17, 15) is 4.79 Å². The van der Waals surface area contributed by atoms with E-state index in [0.717, 1.165) is 35.8 Å². The van der Waals surface area contributed by atoms with Crippen molar-refractivity contribution >= 4 is 11.9 Å². The molecule has 2 rings (SSSR count). The third-order valence-electron chi connectivity index (χ3n) is 4.02. The molecule has 0 aliphatic carbocycles. The van der Waals surface area contributed by atoms with Crippen LogP contribution in [0, 0.1) is 6.92 Å². The Labute approximate surface area is 166 Å². The van der Waals surface area contributed by atoms with Gasteiger partial charge in [0.25, 0.3) is 5.91 Å². The first-order chi connectivity index (χ1) is 13.7. The van der Waals surface area contributed by atoms with Crippen molar-refractivity contribution in [2.24, 2.45) is 4.99 Å². The molecule has 0 aliphatic heterocycles. The Balaban J connectivity index is 1.78. The molecule has 1 aromatic heterocycles. The van der Waals surface area contributed by atoms with Gasteiger partial charge in [-0.25, -0.2) is 4.99 Å². The SMILES string of the molecule is CCNC(=NCc1ccccc1OCC)NCCCNC(=O)c1occc1C. The Morgan fingerprint density at radius 3 is 2.61 bits per heavy atom. The summed E-state index contributed by atoms with van der Waals surface area (Å²) in [5, 5.41) is 9.38. The molecule has 0 aliphatic rings. The molecule has 7 nitrogen and oxygen atoms in total. The number of amides is 1. The first-order valence-corrected chi connectivity index (χ1v) is 9.70. The molecule has 0 saturated carbocycles. The molecule has 1 amide bonds. The number of nitrogens with zero attached hydrogens (tertiary/aromatic N) is 1. The van der Waals surface area contributed by atoms with Crippen molar-refractivity contribution < 1.29 is 13.9 Å². The van der Waals surface area contributed by atoms with E-state index in [1.807, 2.05) is 45.0 Å². The molecule has 0 radical (unpaired) electrons. The van der Waals surface area contributed by atoms with Crippen LogP contribution in [0.1, 0.15) is 41.9 Å². The van der Waals surface area contributed by atoms with Crippen molar-refractivity contribution in [3.05, 3.63) is 53.5 Å². The van der Waals surface area contributed by atoms with E-state index in [-0.39, 0.29) is 5.91 Å². The number of hydrogen-bond acceptors (Lipinski definition) is 4. The minimum atomic E-state index is -0.185. The number of carbonyl (C=O) groups is 1. The summed E-state index contributed by atoms with van der Waals surface area (Å²) in [5.74, 6) is 1.79. The van der Waals surface area contributed by atoms with E-state index in [4.69, 9.17) is 9.15 Å². The molecule has 0 saturated heterocycles. The number of rotatable bonds is 10. The lowest BCUT2D eigenvalue weighted by Crippen LogP contribution is -2.38. The molecule has 0 atom stereocenters.